The summed E-state index contributed by atoms with van der Waals surface area (Å²) in [6.45, 7) is 9.49. The number of fused-ring (bicyclic) bond motifs is 2. The topological polar surface area (TPSA) is 156 Å². The van der Waals surface area contributed by atoms with E-state index in [0.29, 0.717) is 36.1 Å². The second-order valence-corrected chi connectivity index (χ2v) is 17.1. The van der Waals surface area contributed by atoms with Crippen molar-refractivity contribution < 1.29 is 19.7 Å². The number of nitrogens with zero attached hydrogens (tertiary/aromatic N) is 10. The van der Waals surface area contributed by atoms with Crippen molar-refractivity contribution in [2.24, 2.45) is 0 Å². The Morgan fingerprint density at radius 1 is 0.545 bits per heavy atom. The fourth-order valence-corrected chi connectivity index (χ4v) is 8.65. The molecule has 14 nitrogen and oxygen atoms in total. The van der Waals surface area contributed by atoms with Crippen molar-refractivity contribution in [3.05, 3.63) is 178 Å². The van der Waals surface area contributed by atoms with E-state index in [-0.39, 0.29) is 0 Å². The van der Waals surface area contributed by atoms with Gasteiger partial charge in [-0.25, -0.2) is 29.3 Å². The molecule has 4 aromatic carbocycles. The summed E-state index contributed by atoms with van der Waals surface area (Å²) in [5.41, 5.74) is 7.45. The highest BCUT2D eigenvalue weighted by Crippen LogP contribution is 2.38. The van der Waals surface area contributed by atoms with E-state index in [9.17, 15) is 10.2 Å². The van der Waals surface area contributed by atoms with Gasteiger partial charge in [-0.2, -0.15) is 10.2 Å². The number of aliphatic hydroxyl groups is 2. The Labute approximate surface area is 384 Å². The lowest BCUT2D eigenvalue weighted by Crippen LogP contribution is -2.35. The molecular weight excluding hydrogens is 829 g/mol. The van der Waals surface area contributed by atoms with Gasteiger partial charge in [0.05, 0.1) is 49.6 Å². The maximum Gasteiger partial charge on any atom is 0.174 e. The predicted octanol–water partition coefficient (Wildman–Crippen LogP) is 8.58. The van der Waals surface area contributed by atoms with Gasteiger partial charge in [-0.3, -0.25) is 0 Å². The summed E-state index contributed by atoms with van der Waals surface area (Å²) in [5, 5.41) is 32.3. The molecule has 0 saturated heterocycles. The molecule has 66 heavy (non-hydrogen) atoms. The lowest BCUT2D eigenvalue weighted by molar-refractivity contribution is 0.0392. The minimum atomic E-state index is -1.13. The molecule has 2 N–H and O–H groups in total. The maximum atomic E-state index is 11.5. The quantitative estimate of drug-likeness (QED) is 0.136. The summed E-state index contributed by atoms with van der Waals surface area (Å²) in [7, 11) is 3.32. The van der Waals surface area contributed by atoms with Gasteiger partial charge in [0.25, 0.3) is 0 Å². The number of imidazole rings is 2. The maximum absolute atomic E-state index is 11.5. The summed E-state index contributed by atoms with van der Waals surface area (Å²) in [6, 6.07) is 28.0. The van der Waals surface area contributed by atoms with Crippen molar-refractivity contribution in [1.29, 1.82) is 0 Å². The third-order valence-corrected chi connectivity index (χ3v) is 12.2. The van der Waals surface area contributed by atoms with Gasteiger partial charge in [-0.15, -0.1) is 0 Å². The van der Waals surface area contributed by atoms with Crippen LogP contribution in [0.3, 0.4) is 0 Å². The molecule has 14 heteroatoms. The van der Waals surface area contributed by atoms with Gasteiger partial charge in [-0.05, 0) is 112 Å². The number of hydrogen-bond donors (Lipinski definition) is 2. The molecule has 0 amide bonds. The largest absolute Gasteiger partial charge is 0.495 e. The summed E-state index contributed by atoms with van der Waals surface area (Å²) >= 11 is 0. The van der Waals surface area contributed by atoms with Gasteiger partial charge in [-0.1, -0.05) is 83.9 Å². The molecule has 2 atom stereocenters. The van der Waals surface area contributed by atoms with Gasteiger partial charge < -0.3 is 28.8 Å². The van der Waals surface area contributed by atoms with E-state index in [4.69, 9.17) is 19.4 Å². The fraction of sp³-hybridized carbons (Fsp3) is 0.269. The van der Waals surface area contributed by atoms with Crippen LogP contribution in [0.15, 0.2) is 110 Å². The van der Waals surface area contributed by atoms with E-state index in [1.165, 1.54) is 0 Å². The second-order valence-electron chi connectivity index (χ2n) is 17.1. The lowest BCUT2D eigenvalue weighted by Gasteiger charge is -2.31. The standard InChI is InChI=1S/2C26H27N5O2/c2*1-18-5-9-21(10-6-18)26(32)13-4-14-31-25(26)28-24(29-31)12-8-20-7-11-22(23(15-20)33-3)30-16-19(2)27-17-30/h2*5-12,15-17,32H,4,13-14H2,1-3H3/b2*12-8+/t2*26-/m10/s1. The van der Waals surface area contributed by atoms with Gasteiger partial charge in [0.15, 0.2) is 23.3 Å². The number of aryl methyl sites for hydroxylation is 6. The molecule has 0 bridgehead atoms. The van der Waals surface area contributed by atoms with Crippen molar-refractivity contribution in [2.75, 3.05) is 14.2 Å². The molecule has 336 valence electrons. The molecule has 0 spiro atoms. The highest BCUT2D eigenvalue weighted by Gasteiger charge is 2.40. The van der Waals surface area contributed by atoms with Gasteiger partial charge in [0, 0.05) is 25.5 Å². The van der Waals surface area contributed by atoms with E-state index in [2.05, 4.69) is 20.2 Å². The number of hydrogen-bond acceptors (Lipinski definition) is 10. The van der Waals surface area contributed by atoms with Gasteiger partial charge in [0.1, 0.15) is 22.7 Å². The Bertz CT molecular complexity index is 2840. The van der Waals surface area contributed by atoms with Crippen LogP contribution in [-0.4, -0.2) is 73.1 Å². The monoisotopic (exact) mass is 882 g/mol. The number of ether oxygens (including phenoxy) is 2. The van der Waals surface area contributed by atoms with Crippen LogP contribution in [0.5, 0.6) is 11.5 Å². The van der Waals surface area contributed by atoms with E-state index >= 15 is 0 Å². The summed E-state index contributed by atoms with van der Waals surface area (Å²) in [4.78, 5) is 18.0. The predicted molar refractivity (Wildman–Crippen MR) is 254 cm³/mol. The van der Waals surface area contributed by atoms with Crippen molar-refractivity contribution in [1.82, 2.24) is 48.6 Å². The summed E-state index contributed by atoms with van der Waals surface area (Å²) in [5.74, 6) is 3.85. The Morgan fingerprint density at radius 2 is 0.955 bits per heavy atom. The average Bonchev–Trinajstić information content (AvgIpc) is 4.16. The molecule has 4 aromatic heterocycles. The van der Waals surface area contributed by atoms with Crippen LogP contribution in [0.2, 0.25) is 0 Å². The number of benzene rings is 4. The van der Waals surface area contributed by atoms with Crippen molar-refractivity contribution in [2.45, 2.75) is 77.7 Å². The zero-order chi connectivity index (χ0) is 46.0. The first-order valence-corrected chi connectivity index (χ1v) is 22.2. The van der Waals surface area contributed by atoms with Crippen LogP contribution >= 0.6 is 0 Å². The first kappa shape index (κ1) is 43.8. The highest BCUT2D eigenvalue weighted by atomic mass is 16.5. The number of aromatic nitrogens is 10. The van der Waals surface area contributed by atoms with E-state index < -0.39 is 11.2 Å². The smallest absolute Gasteiger partial charge is 0.174 e. The minimum absolute atomic E-state index is 0.575. The molecule has 0 saturated carbocycles. The summed E-state index contributed by atoms with van der Waals surface area (Å²) < 4.78 is 18.7. The minimum Gasteiger partial charge on any atom is -0.495 e. The molecule has 0 aliphatic carbocycles. The number of methoxy groups -OCH3 is 2. The molecule has 8 aromatic rings. The molecule has 2 aliphatic heterocycles. The van der Waals surface area contributed by atoms with Crippen molar-refractivity contribution >= 4 is 24.3 Å². The molecule has 10 rings (SSSR count). The first-order valence-electron chi connectivity index (χ1n) is 22.2. The van der Waals surface area contributed by atoms with E-state index in [1.54, 1.807) is 26.9 Å². The zero-order valence-electron chi connectivity index (χ0n) is 38.1. The Kier molecular flexibility index (Phi) is 12.1. The molecular formula is C52H54N10O4. The molecule has 6 heterocycles. The average molecular weight is 883 g/mol. The third kappa shape index (κ3) is 8.84. The van der Waals surface area contributed by atoms with E-state index in [0.717, 1.165) is 93.6 Å². The third-order valence-electron chi connectivity index (χ3n) is 12.2. The SMILES string of the molecule is COc1cc(/C=C/c2nc3n(n2)CCC[C@@]3(O)c2ccc(C)cc2)ccc1-n1cnc(C)c1.COc1cc(/C=C/c2nc3n(n2)CCC[C@]3(O)c2ccc(C)cc2)ccc1-n1cnc(C)c1. The van der Waals surface area contributed by atoms with Crippen molar-refractivity contribution in [3.63, 3.8) is 0 Å². The van der Waals surface area contributed by atoms with Crippen LogP contribution in [0.1, 0.15) is 93.7 Å². The van der Waals surface area contributed by atoms with Gasteiger partial charge in [0.2, 0.25) is 0 Å². The van der Waals surface area contributed by atoms with Crippen LogP contribution in [0.4, 0.5) is 0 Å². The highest BCUT2D eigenvalue weighted by molar-refractivity contribution is 5.70. The lowest BCUT2D eigenvalue weighted by atomic mass is 9.86. The van der Waals surface area contributed by atoms with Crippen LogP contribution in [0.25, 0.3) is 35.7 Å². The Balaban J connectivity index is 0.000000166. The number of rotatable bonds is 10. The van der Waals surface area contributed by atoms with Crippen LogP contribution in [0, 0.1) is 27.7 Å². The second kappa shape index (κ2) is 18.2. The molecule has 2 aliphatic rings. The first-order chi connectivity index (χ1) is 31.9. The van der Waals surface area contributed by atoms with Crippen LogP contribution in [-0.2, 0) is 24.3 Å². The molecule has 0 radical (unpaired) electrons. The van der Waals surface area contributed by atoms with E-state index in [1.807, 2.05) is 168 Å². The summed E-state index contributed by atoms with van der Waals surface area (Å²) in [6.07, 6.45) is 18.1. The Hall–Kier alpha value is -7.42. The zero-order valence-corrected chi connectivity index (χ0v) is 38.1. The van der Waals surface area contributed by atoms with Crippen molar-refractivity contribution in [3.8, 4) is 22.9 Å². The van der Waals surface area contributed by atoms with Crippen LogP contribution < -0.4 is 9.47 Å². The molecule has 0 fully saturated rings. The fourth-order valence-electron chi connectivity index (χ4n) is 8.65. The Morgan fingerprint density at radius 3 is 1.32 bits per heavy atom. The normalized spacial score (nSPS) is 17.9. The molecule has 0 unspecified atom stereocenters. The van der Waals surface area contributed by atoms with Gasteiger partial charge >= 0.3 is 0 Å².